The first-order chi connectivity index (χ1) is 11.5. The molecule has 0 N–H and O–H groups in total. The van der Waals surface area contributed by atoms with Gasteiger partial charge in [-0.25, -0.2) is 4.39 Å². The van der Waals surface area contributed by atoms with Crippen molar-refractivity contribution in [1.82, 2.24) is 9.80 Å². The highest BCUT2D eigenvalue weighted by molar-refractivity contribution is 5.83. The van der Waals surface area contributed by atoms with E-state index in [1.165, 1.54) is 11.0 Å². The maximum atomic E-state index is 13.2. The zero-order chi connectivity index (χ0) is 17.5. The first kappa shape index (κ1) is 18.4. The number of hydrogen-bond acceptors (Lipinski definition) is 2. The minimum Gasteiger partial charge on any atom is -0.349 e. The lowest BCUT2D eigenvalue weighted by Gasteiger charge is -2.33. The van der Waals surface area contributed by atoms with Gasteiger partial charge in [0.2, 0.25) is 11.8 Å². The number of halogens is 1. The number of carbonyl (C=O) groups is 2. The Labute approximate surface area is 143 Å². The average molecular weight is 334 g/mol. The molecular formula is C19H27FN2O2. The number of piperidine rings is 1. The largest absolute Gasteiger partial charge is 0.349 e. The number of aryl methyl sites for hydroxylation is 1. The Morgan fingerprint density at radius 1 is 1.29 bits per heavy atom. The fourth-order valence-corrected chi connectivity index (χ4v) is 3.19. The highest BCUT2D eigenvalue weighted by atomic mass is 19.1. The molecule has 1 aliphatic rings. The fourth-order valence-electron chi connectivity index (χ4n) is 3.19. The highest BCUT2D eigenvalue weighted by Gasteiger charge is 2.23. The van der Waals surface area contributed by atoms with Gasteiger partial charge in [0.1, 0.15) is 5.82 Å². The minimum atomic E-state index is -0.196. The van der Waals surface area contributed by atoms with E-state index in [2.05, 4.69) is 0 Å². The van der Waals surface area contributed by atoms with Crippen molar-refractivity contribution < 1.29 is 14.0 Å². The molecule has 0 spiro atoms. The van der Waals surface area contributed by atoms with Crippen LogP contribution in [0.4, 0.5) is 4.39 Å². The first-order valence-electron chi connectivity index (χ1n) is 8.68. The minimum absolute atomic E-state index is 0.0111. The Bertz CT molecular complexity index is 574. The molecule has 1 atom stereocenters. The van der Waals surface area contributed by atoms with Crippen molar-refractivity contribution in [1.29, 1.82) is 0 Å². The van der Waals surface area contributed by atoms with Crippen LogP contribution in [-0.2, 0) is 16.0 Å². The van der Waals surface area contributed by atoms with Crippen LogP contribution in [0.1, 0.15) is 37.7 Å². The van der Waals surface area contributed by atoms with Crippen molar-refractivity contribution in [2.45, 2.75) is 38.5 Å². The normalized spacial score (nSPS) is 17.6. The van der Waals surface area contributed by atoms with E-state index in [0.29, 0.717) is 5.92 Å². The summed E-state index contributed by atoms with van der Waals surface area (Å²) in [5.74, 6) is 0.317. The summed E-state index contributed by atoms with van der Waals surface area (Å²) in [7, 11) is 3.41. The number of rotatable bonds is 6. The van der Waals surface area contributed by atoms with Crippen molar-refractivity contribution in [2.75, 3.05) is 27.2 Å². The first-order valence-corrected chi connectivity index (χ1v) is 8.68. The van der Waals surface area contributed by atoms with Gasteiger partial charge < -0.3 is 9.80 Å². The Kier molecular flexibility index (Phi) is 6.76. The summed E-state index contributed by atoms with van der Waals surface area (Å²) < 4.78 is 13.2. The quantitative estimate of drug-likeness (QED) is 0.803. The van der Waals surface area contributed by atoms with E-state index in [-0.39, 0.29) is 30.5 Å². The summed E-state index contributed by atoms with van der Waals surface area (Å²) in [5.41, 5.74) is 1.01. The Morgan fingerprint density at radius 2 is 2.08 bits per heavy atom. The molecule has 1 aliphatic heterocycles. The standard InChI is InChI=1S/C19H27FN2O2/c1-21(2)18(23)10-11-19(24)22-12-4-6-16(14-22)9-8-15-5-3-7-17(20)13-15/h3,5,7,13,16H,4,6,8-12,14H2,1-2H3. The topological polar surface area (TPSA) is 40.6 Å². The van der Waals surface area contributed by atoms with Crippen LogP contribution in [0, 0.1) is 11.7 Å². The molecule has 1 unspecified atom stereocenters. The number of amides is 2. The summed E-state index contributed by atoms with van der Waals surface area (Å²) in [6.45, 7) is 1.54. The number of carbonyl (C=O) groups excluding carboxylic acids is 2. The van der Waals surface area contributed by atoms with Crippen LogP contribution < -0.4 is 0 Å². The molecule has 1 heterocycles. The maximum absolute atomic E-state index is 13.2. The molecule has 24 heavy (non-hydrogen) atoms. The fraction of sp³-hybridized carbons (Fsp3) is 0.579. The molecule has 1 aromatic rings. The summed E-state index contributed by atoms with van der Waals surface area (Å²) in [6, 6.07) is 6.73. The van der Waals surface area contributed by atoms with Gasteiger partial charge in [-0.2, -0.15) is 0 Å². The van der Waals surface area contributed by atoms with Gasteiger partial charge in [-0.3, -0.25) is 9.59 Å². The van der Waals surface area contributed by atoms with Crippen LogP contribution in [0.2, 0.25) is 0 Å². The van der Waals surface area contributed by atoms with Gasteiger partial charge in [-0.05, 0) is 49.3 Å². The van der Waals surface area contributed by atoms with Gasteiger partial charge in [-0.15, -0.1) is 0 Å². The van der Waals surface area contributed by atoms with Crippen molar-refractivity contribution in [2.24, 2.45) is 5.92 Å². The van der Waals surface area contributed by atoms with E-state index in [1.807, 2.05) is 11.0 Å². The monoisotopic (exact) mass is 334 g/mol. The highest BCUT2D eigenvalue weighted by Crippen LogP contribution is 2.22. The SMILES string of the molecule is CN(C)C(=O)CCC(=O)N1CCCC(CCc2cccc(F)c2)C1. The molecule has 1 fully saturated rings. The molecule has 4 nitrogen and oxygen atoms in total. The van der Waals surface area contributed by atoms with E-state index in [1.54, 1.807) is 26.2 Å². The average Bonchev–Trinajstić information content (AvgIpc) is 2.57. The second-order valence-electron chi connectivity index (χ2n) is 6.80. The zero-order valence-corrected chi connectivity index (χ0v) is 14.6. The molecular weight excluding hydrogens is 307 g/mol. The van der Waals surface area contributed by atoms with Gasteiger partial charge in [0.05, 0.1) is 0 Å². The van der Waals surface area contributed by atoms with Crippen molar-refractivity contribution >= 4 is 11.8 Å². The van der Waals surface area contributed by atoms with Crippen molar-refractivity contribution in [3.63, 3.8) is 0 Å². The van der Waals surface area contributed by atoms with Crippen LogP contribution in [0.25, 0.3) is 0 Å². The third-order valence-electron chi connectivity index (χ3n) is 4.65. The van der Waals surface area contributed by atoms with Crippen molar-refractivity contribution in [3.8, 4) is 0 Å². The van der Waals surface area contributed by atoms with E-state index in [9.17, 15) is 14.0 Å². The molecule has 5 heteroatoms. The Hall–Kier alpha value is -1.91. The molecule has 2 amide bonds. The van der Waals surface area contributed by atoms with Crippen LogP contribution in [0.5, 0.6) is 0 Å². The smallest absolute Gasteiger partial charge is 0.223 e. The van der Waals surface area contributed by atoms with Gasteiger partial charge in [0.25, 0.3) is 0 Å². The second kappa shape index (κ2) is 8.81. The third kappa shape index (κ3) is 5.62. The lowest BCUT2D eigenvalue weighted by atomic mass is 9.91. The van der Waals surface area contributed by atoms with Gasteiger partial charge in [0.15, 0.2) is 0 Å². The van der Waals surface area contributed by atoms with Gasteiger partial charge in [-0.1, -0.05) is 12.1 Å². The van der Waals surface area contributed by atoms with Gasteiger partial charge in [0, 0.05) is 40.0 Å². The molecule has 0 aliphatic carbocycles. The van der Waals surface area contributed by atoms with Crippen LogP contribution in [0.3, 0.4) is 0 Å². The van der Waals surface area contributed by atoms with Gasteiger partial charge >= 0.3 is 0 Å². The molecule has 0 bridgehead atoms. The van der Waals surface area contributed by atoms with E-state index >= 15 is 0 Å². The second-order valence-corrected chi connectivity index (χ2v) is 6.80. The van der Waals surface area contributed by atoms with E-state index in [0.717, 1.165) is 44.3 Å². The Balaban J connectivity index is 1.78. The lowest BCUT2D eigenvalue weighted by molar-refractivity contribution is -0.137. The van der Waals surface area contributed by atoms with Crippen LogP contribution in [0.15, 0.2) is 24.3 Å². The maximum Gasteiger partial charge on any atom is 0.223 e. The van der Waals surface area contributed by atoms with Crippen LogP contribution in [-0.4, -0.2) is 48.8 Å². The summed E-state index contributed by atoms with van der Waals surface area (Å²) >= 11 is 0. The van der Waals surface area contributed by atoms with Crippen LogP contribution >= 0.6 is 0 Å². The van der Waals surface area contributed by atoms with E-state index in [4.69, 9.17) is 0 Å². The summed E-state index contributed by atoms with van der Waals surface area (Å²) in [6.07, 6.45) is 4.47. The number of benzene rings is 1. The molecule has 2 rings (SSSR count). The molecule has 1 saturated heterocycles. The molecule has 0 saturated carbocycles. The predicted octanol–water partition coefficient (Wildman–Crippen LogP) is 2.87. The summed E-state index contributed by atoms with van der Waals surface area (Å²) in [4.78, 5) is 27.3. The molecule has 1 aromatic carbocycles. The number of hydrogen-bond donors (Lipinski definition) is 0. The predicted molar refractivity (Wildman–Crippen MR) is 92.0 cm³/mol. The molecule has 132 valence electrons. The lowest BCUT2D eigenvalue weighted by Crippen LogP contribution is -2.40. The van der Waals surface area contributed by atoms with Crippen molar-refractivity contribution in [3.05, 3.63) is 35.6 Å². The molecule has 0 radical (unpaired) electrons. The number of nitrogens with zero attached hydrogens (tertiary/aromatic N) is 2. The summed E-state index contributed by atoms with van der Waals surface area (Å²) in [5, 5.41) is 0. The van der Waals surface area contributed by atoms with E-state index < -0.39 is 0 Å². The Morgan fingerprint density at radius 3 is 2.79 bits per heavy atom. The third-order valence-corrected chi connectivity index (χ3v) is 4.65. The number of likely N-dealkylation sites (tertiary alicyclic amines) is 1. The zero-order valence-electron chi connectivity index (χ0n) is 14.6. The molecule has 0 aromatic heterocycles.